The van der Waals surface area contributed by atoms with Crippen LogP contribution in [0.1, 0.15) is 17.8 Å². The quantitative estimate of drug-likeness (QED) is 0.649. The van der Waals surface area contributed by atoms with Crippen LogP contribution in [0.2, 0.25) is 0 Å². The number of imidazole rings is 1. The van der Waals surface area contributed by atoms with Crippen LogP contribution in [0.5, 0.6) is 5.75 Å². The molecule has 2 rings (SSSR count). The van der Waals surface area contributed by atoms with Crippen molar-refractivity contribution in [2.45, 2.75) is 19.9 Å². The zero-order valence-corrected chi connectivity index (χ0v) is 11.7. The molecule has 0 amide bonds. The van der Waals surface area contributed by atoms with E-state index in [-0.39, 0.29) is 0 Å². The fourth-order valence-corrected chi connectivity index (χ4v) is 2.02. The van der Waals surface area contributed by atoms with E-state index in [2.05, 4.69) is 9.55 Å². The summed E-state index contributed by atoms with van der Waals surface area (Å²) in [5.74, 6) is 1.76. The van der Waals surface area contributed by atoms with Crippen LogP contribution in [0.15, 0.2) is 36.7 Å². The van der Waals surface area contributed by atoms with E-state index >= 15 is 0 Å². The van der Waals surface area contributed by atoms with Gasteiger partial charge in [-0.2, -0.15) is 0 Å². The van der Waals surface area contributed by atoms with Gasteiger partial charge in [0.2, 0.25) is 0 Å². The highest BCUT2D eigenvalue weighted by Crippen LogP contribution is 2.17. The van der Waals surface area contributed by atoms with Crippen molar-refractivity contribution < 1.29 is 4.74 Å². The van der Waals surface area contributed by atoms with Crippen LogP contribution in [0.25, 0.3) is 0 Å². The molecular formula is C14H17N3OS. The third-order valence-electron chi connectivity index (χ3n) is 2.88. The van der Waals surface area contributed by atoms with Crippen LogP contribution >= 0.6 is 12.2 Å². The Morgan fingerprint density at radius 2 is 2.21 bits per heavy atom. The first-order chi connectivity index (χ1) is 9.18. The van der Waals surface area contributed by atoms with Gasteiger partial charge in [0.15, 0.2) is 0 Å². The molecule has 19 heavy (non-hydrogen) atoms. The molecule has 1 aromatic carbocycles. The average molecular weight is 275 g/mol. The van der Waals surface area contributed by atoms with E-state index in [4.69, 9.17) is 22.7 Å². The molecule has 4 nitrogen and oxygen atoms in total. The number of benzene rings is 1. The first kappa shape index (κ1) is 13.5. The SMILES string of the molecule is Cc1nccn1CCCOc1ccccc1C(N)=S. The summed E-state index contributed by atoms with van der Waals surface area (Å²) in [7, 11) is 0. The summed E-state index contributed by atoms with van der Waals surface area (Å²) in [6.07, 6.45) is 4.68. The highest BCUT2D eigenvalue weighted by molar-refractivity contribution is 7.80. The predicted molar refractivity (Wildman–Crippen MR) is 79.4 cm³/mol. The van der Waals surface area contributed by atoms with Crippen molar-refractivity contribution >= 4 is 17.2 Å². The van der Waals surface area contributed by atoms with Gasteiger partial charge in [0.1, 0.15) is 16.6 Å². The van der Waals surface area contributed by atoms with Crippen molar-refractivity contribution in [3.63, 3.8) is 0 Å². The molecule has 0 radical (unpaired) electrons. The van der Waals surface area contributed by atoms with Crippen LogP contribution in [0.4, 0.5) is 0 Å². The summed E-state index contributed by atoms with van der Waals surface area (Å²) < 4.78 is 7.84. The smallest absolute Gasteiger partial charge is 0.129 e. The fraction of sp³-hybridized carbons (Fsp3) is 0.286. The van der Waals surface area contributed by atoms with Crippen LogP contribution < -0.4 is 10.5 Å². The molecule has 1 heterocycles. The number of thiocarbonyl (C=S) groups is 1. The van der Waals surface area contributed by atoms with E-state index in [1.165, 1.54) is 0 Å². The Bertz CT molecular complexity index is 565. The van der Waals surface area contributed by atoms with E-state index in [1.807, 2.05) is 37.4 Å². The first-order valence-electron chi connectivity index (χ1n) is 6.18. The lowest BCUT2D eigenvalue weighted by Gasteiger charge is -2.11. The minimum Gasteiger partial charge on any atom is -0.493 e. The van der Waals surface area contributed by atoms with Crippen molar-refractivity contribution in [2.75, 3.05) is 6.61 Å². The van der Waals surface area contributed by atoms with Crippen LogP contribution in [0.3, 0.4) is 0 Å². The van der Waals surface area contributed by atoms with Gasteiger partial charge >= 0.3 is 0 Å². The number of nitrogens with two attached hydrogens (primary N) is 1. The fourth-order valence-electron chi connectivity index (χ4n) is 1.85. The maximum Gasteiger partial charge on any atom is 0.129 e. The number of nitrogens with zero attached hydrogens (tertiary/aromatic N) is 2. The van der Waals surface area contributed by atoms with Crippen molar-refractivity contribution in [1.82, 2.24) is 9.55 Å². The molecule has 1 aromatic heterocycles. The number of rotatable bonds is 6. The van der Waals surface area contributed by atoms with Crippen molar-refractivity contribution in [3.05, 3.63) is 48.0 Å². The summed E-state index contributed by atoms with van der Waals surface area (Å²) >= 11 is 5.00. The molecule has 2 N–H and O–H groups in total. The molecule has 0 saturated carbocycles. The Balaban J connectivity index is 1.86. The maximum atomic E-state index is 5.74. The second kappa shape index (κ2) is 6.33. The molecule has 0 saturated heterocycles. The van der Waals surface area contributed by atoms with Crippen molar-refractivity contribution in [2.24, 2.45) is 5.73 Å². The Kier molecular flexibility index (Phi) is 4.52. The number of hydrogen-bond acceptors (Lipinski definition) is 3. The molecule has 5 heteroatoms. The first-order valence-corrected chi connectivity index (χ1v) is 6.58. The van der Waals surface area contributed by atoms with Crippen LogP contribution in [-0.2, 0) is 6.54 Å². The van der Waals surface area contributed by atoms with Gasteiger partial charge in [-0.25, -0.2) is 4.98 Å². The van der Waals surface area contributed by atoms with E-state index in [0.717, 1.165) is 30.1 Å². The molecule has 0 atom stereocenters. The van der Waals surface area contributed by atoms with E-state index < -0.39 is 0 Å². The zero-order valence-electron chi connectivity index (χ0n) is 10.9. The third kappa shape index (κ3) is 3.54. The second-order valence-electron chi connectivity index (χ2n) is 4.23. The van der Waals surface area contributed by atoms with Gasteiger partial charge < -0.3 is 15.0 Å². The molecule has 0 unspecified atom stereocenters. The van der Waals surface area contributed by atoms with Crippen LogP contribution in [0, 0.1) is 6.92 Å². The molecule has 0 aliphatic heterocycles. The normalized spacial score (nSPS) is 10.4. The van der Waals surface area contributed by atoms with E-state index in [1.54, 1.807) is 6.20 Å². The zero-order chi connectivity index (χ0) is 13.7. The number of para-hydroxylation sites is 1. The van der Waals surface area contributed by atoms with Crippen molar-refractivity contribution in [3.8, 4) is 5.75 Å². The lowest BCUT2D eigenvalue weighted by Crippen LogP contribution is -2.12. The highest BCUT2D eigenvalue weighted by Gasteiger charge is 2.05. The summed E-state index contributed by atoms with van der Waals surface area (Å²) in [6, 6.07) is 7.57. The number of aryl methyl sites for hydroxylation is 2. The topological polar surface area (TPSA) is 53.1 Å². The summed E-state index contributed by atoms with van der Waals surface area (Å²) in [6.45, 7) is 3.50. The van der Waals surface area contributed by atoms with E-state index in [9.17, 15) is 0 Å². The summed E-state index contributed by atoms with van der Waals surface area (Å²) in [5.41, 5.74) is 6.44. The highest BCUT2D eigenvalue weighted by atomic mass is 32.1. The van der Waals surface area contributed by atoms with Gasteiger partial charge in [-0.15, -0.1) is 0 Å². The number of hydrogen-bond donors (Lipinski definition) is 1. The molecule has 2 aromatic rings. The Morgan fingerprint density at radius 1 is 1.42 bits per heavy atom. The minimum atomic E-state index is 0.362. The summed E-state index contributed by atoms with van der Waals surface area (Å²) in [5, 5.41) is 0. The Morgan fingerprint density at radius 3 is 2.89 bits per heavy atom. The van der Waals surface area contributed by atoms with Crippen molar-refractivity contribution in [1.29, 1.82) is 0 Å². The Labute approximate surface area is 118 Å². The van der Waals surface area contributed by atoms with Crippen LogP contribution in [-0.4, -0.2) is 21.1 Å². The molecule has 0 bridgehead atoms. The lowest BCUT2D eigenvalue weighted by molar-refractivity contribution is 0.301. The standard InChI is InChI=1S/C14H17N3OS/c1-11-16-7-9-17(11)8-4-10-18-13-6-3-2-5-12(13)14(15)19/h2-3,5-7,9H,4,8,10H2,1H3,(H2,15,19). The molecule has 0 aliphatic rings. The minimum absolute atomic E-state index is 0.362. The monoisotopic (exact) mass is 275 g/mol. The van der Waals surface area contributed by atoms with Gasteiger partial charge in [0, 0.05) is 18.9 Å². The second-order valence-corrected chi connectivity index (χ2v) is 4.67. The number of aromatic nitrogens is 2. The summed E-state index contributed by atoms with van der Waals surface area (Å²) in [4.78, 5) is 4.54. The molecule has 0 spiro atoms. The lowest BCUT2D eigenvalue weighted by atomic mass is 10.2. The predicted octanol–water partition coefficient (Wildman–Crippen LogP) is 2.29. The van der Waals surface area contributed by atoms with Gasteiger partial charge in [0.05, 0.1) is 12.2 Å². The van der Waals surface area contributed by atoms with Gasteiger partial charge in [0.25, 0.3) is 0 Å². The van der Waals surface area contributed by atoms with Gasteiger partial charge in [-0.1, -0.05) is 24.4 Å². The third-order valence-corrected chi connectivity index (χ3v) is 3.10. The van der Waals surface area contributed by atoms with Gasteiger partial charge in [-0.05, 0) is 25.5 Å². The van der Waals surface area contributed by atoms with Gasteiger partial charge in [-0.3, -0.25) is 0 Å². The molecule has 0 aliphatic carbocycles. The molecular weight excluding hydrogens is 258 g/mol. The number of ether oxygens (including phenoxy) is 1. The van der Waals surface area contributed by atoms with E-state index in [0.29, 0.717) is 11.6 Å². The largest absolute Gasteiger partial charge is 0.493 e. The molecule has 0 fully saturated rings. The molecule has 100 valence electrons. The average Bonchev–Trinajstić information content (AvgIpc) is 2.80. The maximum absolute atomic E-state index is 5.74. The Hall–Kier alpha value is -1.88.